The van der Waals surface area contributed by atoms with E-state index >= 15 is 0 Å². The number of nitrogens with zero attached hydrogens (tertiary/aromatic N) is 1. The van der Waals surface area contributed by atoms with Gasteiger partial charge in [-0.05, 0) is 37.3 Å². The second kappa shape index (κ2) is 3.53. The zero-order chi connectivity index (χ0) is 8.23. The Bertz CT molecular complexity index is 274. The summed E-state index contributed by atoms with van der Waals surface area (Å²) in [5.74, 6) is 0. The largest absolute Gasteiger partial charge is 0.256 e. The molecule has 61 valence electrons. The Balaban J connectivity index is 2.24. The van der Waals surface area contributed by atoms with Crippen LogP contribution in [0.5, 0.6) is 0 Å². The van der Waals surface area contributed by atoms with Gasteiger partial charge in [0.25, 0.3) is 0 Å². The second-order valence-corrected chi connectivity index (χ2v) is 3.11. The summed E-state index contributed by atoms with van der Waals surface area (Å²) in [5, 5.41) is 0. The van der Waals surface area contributed by atoms with Crippen LogP contribution in [0.4, 0.5) is 0 Å². The fourth-order valence-electron chi connectivity index (χ4n) is 1.55. The molecule has 0 aliphatic heterocycles. The molecule has 12 heavy (non-hydrogen) atoms. The van der Waals surface area contributed by atoms with Gasteiger partial charge in [-0.2, -0.15) is 0 Å². The van der Waals surface area contributed by atoms with E-state index in [4.69, 9.17) is 0 Å². The summed E-state index contributed by atoms with van der Waals surface area (Å²) in [5.41, 5.74) is 2.42. The topological polar surface area (TPSA) is 12.9 Å². The molecular formula is C11H12N. The van der Waals surface area contributed by atoms with Crippen LogP contribution < -0.4 is 0 Å². The molecule has 0 unspecified atom stereocenters. The smallest absolute Gasteiger partial charge is 0.0737 e. The molecule has 1 aromatic heterocycles. The van der Waals surface area contributed by atoms with E-state index in [1.165, 1.54) is 31.3 Å². The lowest BCUT2D eigenvalue weighted by molar-refractivity contribution is 0.740. The van der Waals surface area contributed by atoms with E-state index in [0.717, 1.165) is 5.69 Å². The van der Waals surface area contributed by atoms with Gasteiger partial charge in [0, 0.05) is 12.3 Å². The molecule has 1 aromatic rings. The van der Waals surface area contributed by atoms with Crippen molar-refractivity contribution < 1.29 is 0 Å². The van der Waals surface area contributed by atoms with Gasteiger partial charge in [-0.1, -0.05) is 12.1 Å². The van der Waals surface area contributed by atoms with Crippen molar-refractivity contribution in [2.24, 2.45) is 0 Å². The molecule has 1 aliphatic carbocycles. The Morgan fingerprint density at radius 3 is 3.00 bits per heavy atom. The predicted octanol–water partition coefficient (Wildman–Crippen LogP) is 2.84. The van der Waals surface area contributed by atoms with Crippen LogP contribution in [0.3, 0.4) is 0 Å². The molecular weight excluding hydrogens is 146 g/mol. The van der Waals surface area contributed by atoms with Crippen LogP contribution in [0.15, 0.2) is 24.4 Å². The third-order valence-electron chi connectivity index (χ3n) is 2.20. The third-order valence-corrected chi connectivity index (χ3v) is 2.20. The van der Waals surface area contributed by atoms with Gasteiger partial charge in [0.05, 0.1) is 5.69 Å². The molecule has 0 amide bonds. The molecule has 1 heterocycles. The quantitative estimate of drug-likeness (QED) is 0.612. The Kier molecular flexibility index (Phi) is 2.21. The fourth-order valence-corrected chi connectivity index (χ4v) is 1.55. The summed E-state index contributed by atoms with van der Waals surface area (Å²) in [6.07, 6.45) is 9.14. The van der Waals surface area contributed by atoms with Crippen LogP contribution in [0.25, 0.3) is 5.57 Å². The maximum atomic E-state index is 4.28. The van der Waals surface area contributed by atoms with Crippen molar-refractivity contribution in [2.75, 3.05) is 0 Å². The van der Waals surface area contributed by atoms with Crippen molar-refractivity contribution in [3.05, 3.63) is 36.2 Å². The normalized spacial score (nSPS) is 17.2. The molecule has 0 bridgehead atoms. The van der Waals surface area contributed by atoms with Gasteiger partial charge < -0.3 is 0 Å². The van der Waals surface area contributed by atoms with Crippen LogP contribution in [-0.2, 0) is 0 Å². The first-order chi connectivity index (χ1) is 5.97. The highest BCUT2D eigenvalue weighted by Gasteiger charge is 2.05. The van der Waals surface area contributed by atoms with Crippen molar-refractivity contribution in [1.82, 2.24) is 4.98 Å². The minimum atomic E-state index is 1.04. The predicted molar refractivity (Wildman–Crippen MR) is 49.5 cm³/mol. The van der Waals surface area contributed by atoms with Gasteiger partial charge in [-0.3, -0.25) is 4.98 Å². The van der Waals surface area contributed by atoms with E-state index in [0.29, 0.717) is 0 Å². The van der Waals surface area contributed by atoms with Crippen molar-refractivity contribution in [1.29, 1.82) is 0 Å². The van der Waals surface area contributed by atoms with E-state index < -0.39 is 0 Å². The molecule has 0 spiro atoms. The lowest BCUT2D eigenvalue weighted by Gasteiger charge is -2.10. The standard InChI is InChI=1S/C11H12N/c1-2-6-10(7-3-1)11-8-4-5-9-12-11/h4-6,9H,1-3,7H2. The fraction of sp³-hybridized carbons (Fsp3) is 0.364. The lowest BCUT2D eigenvalue weighted by Crippen LogP contribution is -1.93. The molecule has 2 rings (SSSR count). The molecule has 0 N–H and O–H groups in total. The number of allylic oxidation sites excluding steroid dienone is 2. The summed E-state index contributed by atoms with van der Waals surface area (Å²) in [7, 11) is 0. The van der Waals surface area contributed by atoms with E-state index in [1.54, 1.807) is 0 Å². The lowest BCUT2D eigenvalue weighted by atomic mass is 9.97. The number of rotatable bonds is 1. The molecule has 1 heteroatoms. The Morgan fingerprint density at radius 1 is 1.33 bits per heavy atom. The van der Waals surface area contributed by atoms with Crippen LogP contribution >= 0.6 is 0 Å². The average Bonchev–Trinajstić information content (AvgIpc) is 2.21. The maximum absolute atomic E-state index is 4.28. The van der Waals surface area contributed by atoms with Gasteiger partial charge in [0.1, 0.15) is 0 Å². The molecule has 0 saturated heterocycles. The van der Waals surface area contributed by atoms with E-state index in [-0.39, 0.29) is 0 Å². The highest BCUT2D eigenvalue weighted by molar-refractivity contribution is 5.62. The van der Waals surface area contributed by atoms with Gasteiger partial charge in [-0.25, -0.2) is 0 Å². The summed E-state index contributed by atoms with van der Waals surface area (Å²) < 4.78 is 0. The molecule has 0 fully saturated rings. The highest BCUT2D eigenvalue weighted by Crippen LogP contribution is 2.24. The van der Waals surface area contributed by atoms with Crippen molar-refractivity contribution in [3.8, 4) is 0 Å². The monoisotopic (exact) mass is 158 g/mol. The molecule has 1 nitrogen and oxygen atoms in total. The Hall–Kier alpha value is -1.11. The summed E-state index contributed by atoms with van der Waals surface area (Å²) in [6, 6.07) is 7.00. The van der Waals surface area contributed by atoms with Gasteiger partial charge in [0.2, 0.25) is 0 Å². The van der Waals surface area contributed by atoms with E-state index in [9.17, 15) is 0 Å². The van der Waals surface area contributed by atoms with Gasteiger partial charge in [0.15, 0.2) is 0 Å². The number of aromatic nitrogens is 1. The van der Waals surface area contributed by atoms with E-state index in [2.05, 4.69) is 17.1 Å². The maximum Gasteiger partial charge on any atom is 0.0737 e. The number of hydrogen-bond donors (Lipinski definition) is 0. The Morgan fingerprint density at radius 2 is 2.33 bits per heavy atom. The summed E-state index contributed by atoms with van der Waals surface area (Å²) >= 11 is 0. The first-order valence-corrected chi connectivity index (χ1v) is 4.49. The van der Waals surface area contributed by atoms with E-state index in [1.807, 2.05) is 18.3 Å². The molecule has 0 saturated carbocycles. The van der Waals surface area contributed by atoms with Crippen molar-refractivity contribution in [3.63, 3.8) is 0 Å². The van der Waals surface area contributed by atoms with Gasteiger partial charge in [-0.15, -0.1) is 0 Å². The van der Waals surface area contributed by atoms with Gasteiger partial charge >= 0.3 is 0 Å². The van der Waals surface area contributed by atoms with Crippen molar-refractivity contribution >= 4 is 5.57 Å². The summed E-state index contributed by atoms with van der Waals surface area (Å²) in [4.78, 5) is 4.28. The number of hydrogen-bond acceptors (Lipinski definition) is 1. The average molecular weight is 158 g/mol. The molecule has 0 aromatic carbocycles. The first kappa shape index (κ1) is 7.53. The zero-order valence-corrected chi connectivity index (χ0v) is 7.09. The van der Waals surface area contributed by atoms with Crippen LogP contribution in [-0.4, -0.2) is 4.98 Å². The number of pyridine rings is 1. The highest BCUT2D eigenvalue weighted by atomic mass is 14.7. The molecule has 1 aliphatic rings. The minimum absolute atomic E-state index is 1.04. The van der Waals surface area contributed by atoms with Crippen LogP contribution in [0.2, 0.25) is 0 Å². The summed E-state index contributed by atoms with van der Waals surface area (Å²) in [6.45, 7) is 0. The van der Waals surface area contributed by atoms with Crippen LogP contribution in [0.1, 0.15) is 31.4 Å². The second-order valence-electron chi connectivity index (χ2n) is 3.11. The zero-order valence-electron chi connectivity index (χ0n) is 7.09. The van der Waals surface area contributed by atoms with Crippen molar-refractivity contribution in [2.45, 2.75) is 25.7 Å². The molecule has 1 radical (unpaired) electrons. The Labute approximate surface area is 73.1 Å². The van der Waals surface area contributed by atoms with Crippen LogP contribution in [0, 0.1) is 6.07 Å². The SMILES string of the molecule is [c]1cccnc1C1=CCCCC1. The first-order valence-electron chi connectivity index (χ1n) is 4.49. The third kappa shape index (κ3) is 1.55. The minimum Gasteiger partial charge on any atom is -0.256 e. The molecule has 0 atom stereocenters.